The number of hydrogen-bond donors (Lipinski definition) is 0. The van der Waals surface area contributed by atoms with Crippen molar-refractivity contribution in [1.29, 1.82) is 0 Å². The molecule has 0 N–H and O–H groups in total. The van der Waals surface area contributed by atoms with Crippen LogP contribution in [0.15, 0.2) is 30.3 Å². The van der Waals surface area contributed by atoms with Crippen molar-refractivity contribution in [3.63, 3.8) is 0 Å². The van der Waals surface area contributed by atoms with E-state index in [1.54, 1.807) is 0 Å². The molecule has 2 fully saturated rings. The van der Waals surface area contributed by atoms with E-state index in [9.17, 15) is 9.59 Å². The molecule has 22 heavy (non-hydrogen) atoms. The quantitative estimate of drug-likeness (QED) is 0.622. The molecule has 1 aromatic carbocycles. The van der Waals surface area contributed by atoms with Gasteiger partial charge in [-0.25, -0.2) is 0 Å². The minimum atomic E-state index is -0.847. The molecule has 0 aromatic heterocycles. The molecule has 1 aliphatic heterocycles. The third-order valence-electron chi connectivity index (χ3n) is 4.87. The van der Waals surface area contributed by atoms with Gasteiger partial charge in [0.15, 0.2) is 5.78 Å². The number of ether oxygens (including phenoxy) is 2. The zero-order valence-corrected chi connectivity index (χ0v) is 12.9. The van der Waals surface area contributed by atoms with Crippen LogP contribution in [0.25, 0.3) is 0 Å². The number of rotatable bonds is 2. The van der Waals surface area contributed by atoms with Gasteiger partial charge in [-0.3, -0.25) is 9.59 Å². The van der Waals surface area contributed by atoms with Crippen LogP contribution in [-0.2, 0) is 19.1 Å². The first-order valence-electron chi connectivity index (χ1n) is 7.98. The van der Waals surface area contributed by atoms with Crippen LogP contribution in [0.2, 0.25) is 0 Å². The Bertz CT molecular complexity index is 545. The largest absolute Gasteiger partial charge is 0.468 e. The summed E-state index contributed by atoms with van der Waals surface area (Å²) in [5.74, 6) is -1.39. The number of Topliss-reactive ketones (excluding diaryl/α,β-unsaturated/α-hetero) is 1. The molecule has 1 saturated heterocycles. The highest BCUT2D eigenvalue weighted by atomic mass is 16.5. The molecule has 0 amide bonds. The van der Waals surface area contributed by atoms with Crippen LogP contribution >= 0.6 is 0 Å². The Balaban J connectivity index is 1.95. The molecule has 1 heterocycles. The van der Waals surface area contributed by atoms with E-state index in [-0.39, 0.29) is 11.4 Å². The van der Waals surface area contributed by atoms with E-state index in [0.717, 1.165) is 31.2 Å². The first-order chi connectivity index (χ1) is 10.7. The number of carbonyl (C=O) groups is 2. The molecular formula is C18H22O4. The van der Waals surface area contributed by atoms with E-state index in [1.165, 1.54) is 13.5 Å². The van der Waals surface area contributed by atoms with Gasteiger partial charge in [0.1, 0.15) is 12.0 Å². The van der Waals surface area contributed by atoms with E-state index >= 15 is 0 Å². The van der Waals surface area contributed by atoms with Crippen LogP contribution in [-0.4, -0.2) is 24.5 Å². The third kappa shape index (κ3) is 2.80. The molecule has 4 heteroatoms. The summed E-state index contributed by atoms with van der Waals surface area (Å²) in [6.45, 7) is 0. The van der Waals surface area contributed by atoms with Crippen LogP contribution < -0.4 is 0 Å². The number of benzene rings is 1. The monoisotopic (exact) mass is 302 g/mol. The maximum absolute atomic E-state index is 12.7. The van der Waals surface area contributed by atoms with Gasteiger partial charge in [0, 0.05) is 6.42 Å². The fourth-order valence-corrected chi connectivity index (χ4v) is 3.75. The molecule has 118 valence electrons. The molecule has 1 aromatic rings. The maximum atomic E-state index is 12.7. The van der Waals surface area contributed by atoms with Crippen molar-refractivity contribution in [2.75, 3.05) is 7.11 Å². The topological polar surface area (TPSA) is 52.6 Å². The fraction of sp³-hybridized carbons (Fsp3) is 0.556. The summed E-state index contributed by atoms with van der Waals surface area (Å²) in [5, 5.41) is 0. The molecule has 0 bridgehead atoms. The van der Waals surface area contributed by atoms with Crippen molar-refractivity contribution in [2.24, 2.45) is 5.92 Å². The van der Waals surface area contributed by atoms with E-state index in [0.29, 0.717) is 6.42 Å². The van der Waals surface area contributed by atoms with E-state index in [4.69, 9.17) is 9.47 Å². The molecule has 4 nitrogen and oxygen atoms in total. The molecule has 0 unspecified atom stereocenters. The van der Waals surface area contributed by atoms with Gasteiger partial charge in [-0.2, -0.15) is 0 Å². The normalized spacial score (nSPS) is 27.6. The van der Waals surface area contributed by atoms with Crippen molar-refractivity contribution in [3.05, 3.63) is 35.9 Å². The molecule has 2 aliphatic rings. The lowest BCUT2D eigenvalue weighted by molar-refractivity contribution is -0.190. The van der Waals surface area contributed by atoms with Crippen molar-refractivity contribution < 1.29 is 19.1 Å². The highest BCUT2D eigenvalue weighted by Gasteiger charge is 2.50. The summed E-state index contributed by atoms with van der Waals surface area (Å²) in [5.41, 5.74) is 0.483. The number of methoxy groups -OCH3 is 1. The highest BCUT2D eigenvalue weighted by Crippen LogP contribution is 2.46. The Labute approximate surface area is 130 Å². The van der Waals surface area contributed by atoms with E-state index < -0.39 is 18.0 Å². The van der Waals surface area contributed by atoms with Crippen molar-refractivity contribution in [2.45, 2.75) is 50.2 Å². The second-order valence-electron chi connectivity index (χ2n) is 6.34. The zero-order valence-electron chi connectivity index (χ0n) is 12.9. The second-order valence-corrected chi connectivity index (χ2v) is 6.34. The summed E-state index contributed by atoms with van der Waals surface area (Å²) in [7, 11) is 1.32. The average molecular weight is 302 g/mol. The van der Waals surface area contributed by atoms with Crippen LogP contribution in [0.4, 0.5) is 0 Å². The van der Waals surface area contributed by atoms with Gasteiger partial charge in [0.05, 0.1) is 12.7 Å². The van der Waals surface area contributed by atoms with Gasteiger partial charge in [-0.1, -0.05) is 49.6 Å². The van der Waals surface area contributed by atoms with Crippen molar-refractivity contribution in [3.8, 4) is 0 Å². The lowest BCUT2D eigenvalue weighted by Gasteiger charge is -2.45. The minimum Gasteiger partial charge on any atom is -0.468 e. The minimum absolute atomic E-state index is 0.0474. The first kappa shape index (κ1) is 15.2. The molecule has 1 aliphatic carbocycles. The van der Waals surface area contributed by atoms with Gasteiger partial charge in [0.25, 0.3) is 0 Å². The van der Waals surface area contributed by atoms with E-state index in [1.807, 2.05) is 30.3 Å². The summed E-state index contributed by atoms with van der Waals surface area (Å²) in [6, 6.07) is 9.54. The highest BCUT2D eigenvalue weighted by molar-refractivity contribution is 6.00. The Morgan fingerprint density at radius 1 is 1.18 bits per heavy atom. The average Bonchev–Trinajstić information content (AvgIpc) is 2.55. The number of hydrogen-bond acceptors (Lipinski definition) is 4. The Morgan fingerprint density at radius 2 is 1.86 bits per heavy atom. The standard InChI is InChI=1S/C18H22O4/c1-21-17(20)15-14(19)12-18(10-6-3-7-11-18)22-16(15)13-8-4-2-5-9-13/h2,4-5,8-9,15-16H,3,6-7,10-12H2,1H3/t15-,16+/m1/s1. The van der Waals surface area contributed by atoms with Gasteiger partial charge < -0.3 is 9.47 Å². The smallest absolute Gasteiger partial charge is 0.319 e. The Morgan fingerprint density at radius 3 is 2.50 bits per heavy atom. The van der Waals surface area contributed by atoms with Gasteiger partial charge in [0.2, 0.25) is 0 Å². The Hall–Kier alpha value is -1.68. The predicted octanol–water partition coefficient (Wildman–Crippen LogP) is 3.21. The molecule has 1 saturated carbocycles. The van der Waals surface area contributed by atoms with Crippen molar-refractivity contribution >= 4 is 11.8 Å². The molecule has 2 atom stereocenters. The summed E-state index contributed by atoms with van der Waals surface area (Å²) >= 11 is 0. The summed E-state index contributed by atoms with van der Waals surface area (Å²) in [6.07, 6.45) is 4.95. The lowest BCUT2D eigenvalue weighted by Crippen LogP contribution is -2.49. The maximum Gasteiger partial charge on any atom is 0.319 e. The predicted molar refractivity (Wildman–Crippen MR) is 81.2 cm³/mol. The van der Waals surface area contributed by atoms with Gasteiger partial charge in [-0.05, 0) is 18.4 Å². The molecule has 1 spiro atoms. The first-order valence-corrected chi connectivity index (χ1v) is 7.98. The molecule has 0 radical (unpaired) electrons. The molecule has 3 rings (SSSR count). The van der Waals surface area contributed by atoms with Crippen LogP contribution in [0.5, 0.6) is 0 Å². The SMILES string of the molecule is COC(=O)[C@@H]1C(=O)CC2(CCCCC2)O[C@H]1c1ccccc1. The van der Waals surface area contributed by atoms with Crippen LogP contribution in [0.1, 0.15) is 50.2 Å². The summed E-state index contributed by atoms with van der Waals surface area (Å²) < 4.78 is 11.2. The van der Waals surface area contributed by atoms with Crippen molar-refractivity contribution in [1.82, 2.24) is 0 Å². The summed E-state index contributed by atoms with van der Waals surface area (Å²) in [4.78, 5) is 24.8. The van der Waals surface area contributed by atoms with E-state index in [2.05, 4.69) is 0 Å². The zero-order chi connectivity index (χ0) is 15.6. The second kappa shape index (κ2) is 6.21. The van der Waals surface area contributed by atoms with Gasteiger partial charge >= 0.3 is 5.97 Å². The fourth-order valence-electron chi connectivity index (χ4n) is 3.75. The van der Waals surface area contributed by atoms with Crippen LogP contribution in [0.3, 0.4) is 0 Å². The number of esters is 1. The Kier molecular flexibility index (Phi) is 4.30. The third-order valence-corrected chi connectivity index (χ3v) is 4.87. The number of ketones is 1. The molecular weight excluding hydrogens is 280 g/mol. The lowest BCUT2D eigenvalue weighted by atomic mass is 9.74. The van der Waals surface area contributed by atoms with Gasteiger partial charge in [-0.15, -0.1) is 0 Å². The van der Waals surface area contributed by atoms with Crippen LogP contribution in [0, 0.1) is 5.92 Å². The number of carbonyl (C=O) groups excluding carboxylic acids is 2.